The lowest BCUT2D eigenvalue weighted by Crippen LogP contribution is -2.49. The molecule has 7 nitrogen and oxygen atoms in total. The summed E-state index contributed by atoms with van der Waals surface area (Å²) >= 11 is 12.9. The SMILES string of the molecule is CN(C)c1ncc(-c2cccc(CCNC(C)(C)C(=O)OC3CCCC3)c2)nc1N(C)Cc1c(Cl)cccc1Cl. The van der Waals surface area contributed by atoms with Crippen molar-refractivity contribution in [1.29, 1.82) is 0 Å². The number of hydrogen-bond acceptors (Lipinski definition) is 7. The van der Waals surface area contributed by atoms with E-state index in [9.17, 15) is 4.79 Å². The monoisotopic (exact) mass is 583 g/mol. The number of nitrogens with one attached hydrogen (secondary N) is 1. The molecule has 3 aromatic rings. The van der Waals surface area contributed by atoms with Gasteiger partial charge in [-0.15, -0.1) is 0 Å². The van der Waals surface area contributed by atoms with Crippen LogP contribution < -0.4 is 15.1 Å². The van der Waals surface area contributed by atoms with Crippen molar-refractivity contribution in [2.24, 2.45) is 0 Å². The van der Waals surface area contributed by atoms with Gasteiger partial charge in [0.1, 0.15) is 11.6 Å². The molecule has 0 unspecified atom stereocenters. The van der Waals surface area contributed by atoms with E-state index in [0.29, 0.717) is 23.1 Å². The fraction of sp³-hybridized carbons (Fsp3) is 0.452. The molecule has 0 spiro atoms. The summed E-state index contributed by atoms with van der Waals surface area (Å²) in [5, 5.41) is 4.61. The van der Waals surface area contributed by atoms with E-state index in [0.717, 1.165) is 66.1 Å². The summed E-state index contributed by atoms with van der Waals surface area (Å²) in [4.78, 5) is 26.4. The Labute approximate surface area is 247 Å². The van der Waals surface area contributed by atoms with Crippen molar-refractivity contribution in [1.82, 2.24) is 15.3 Å². The largest absolute Gasteiger partial charge is 0.461 e. The van der Waals surface area contributed by atoms with Gasteiger partial charge < -0.3 is 19.9 Å². The molecule has 40 heavy (non-hydrogen) atoms. The lowest BCUT2D eigenvalue weighted by Gasteiger charge is -2.26. The Balaban J connectivity index is 1.47. The van der Waals surface area contributed by atoms with Gasteiger partial charge in [-0.05, 0) is 69.7 Å². The maximum Gasteiger partial charge on any atom is 0.326 e. The van der Waals surface area contributed by atoms with Crippen LogP contribution in [0.15, 0.2) is 48.7 Å². The molecule has 4 rings (SSSR count). The minimum atomic E-state index is -0.738. The van der Waals surface area contributed by atoms with Gasteiger partial charge >= 0.3 is 5.97 Å². The molecule has 1 aliphatic carbocycles. The van der Waals surface area contributed by atoms with Gasteiger partial charge in [-0.3, -0.25) is 4.79 Å². The second-order valence-electron chi connectivity index (χ2n) is 11.2. The molecule has 1 fully saturated rings. The van der Waals surface area contributed by atoms with Gasteiger partial charge in [0.15, 0.2) is 11.6 Å². The summed E-state index contributed by atoms with van der Waals surface area (Å²) in [6.07, 6.45) is 6.84. The predicted octanol–water partition coefficient (Wildman–Crippen LogP) is 6.55. The van der Waals surface area contributed by atoms with Crippen LogP contribution in [0.5, 0.6) is 0 Å². The van der Waals surface area contributed by atoms with E-state index >= 15 is 0 Å². The Kier molecular flexibility index (Phi) is 9.93. The van der Waals surface area contributed by atoms with Crippen molar-refractivity contribution < 1.29 is 9.53 Å². The van der Waals surface area contributed by atoms with Crippen molar-refractivity contribution in [3.63, 3.8) is 0 Å². The second kappa shape index (κ2) is 13.2. The molecule has 1 heterocycles. The average molecular weight is 585 g/mol. The Hall–Kier alpha value is -2.87. The third-order valence-electron chi connectivity index (χ3n) is 7.27. The van der Waals surface area contributed by atoms with Crippen LogP contribution in [-0.4, -0.2) is 55.3 Å². The maximum absolute atomic E-state index is 12.7. The standard InChI is InChI=1S/C31H39Cl2N5O2/c1-31(2,30(39)40-23-12-6-7-13-23)35-17-16-21-10-8-11-22(18-21)27-19-34-28(37(3)4)29(36-27)38(5)20-24-25(32)14-9-15-26(24)33/h8-11,14-15,18-19,23,35H,6-7,12-13,16-17,20H2,1-5H3. The highest BCUT2D eigenvalue weighted by Crippen LogP contribution is 2.31. The summed E-state index contributed by atoms with van der Waals surface area (Å²) < 4.78 is 5.72. The van der Waals surface area contributed by atoms with E-state index in [4.69, 9.17) is 37.9 Å². The van der Waals surface area contributed by atoms with Crippen molar-refractivity contribution in [2.75, 3.05) is 37.5 Å². The number of hydrogen-bond donors (Lipinski definition) is 1. The van der Waals surface area contributed by atoms with Crippen LogP contribution in [0.2, 0.25) is 10.0 Å². The molecule has 1 aliphatic rings. The molecule has 2 aromatic carbocycles. The number of carbonyl (C=O) groups is 1. The van der Waals surface area contributed by atoms with Crippen LogP contribution >= 0.6 is 23.2 Å². The van der Waals surface area contributed by atoms with E-state index in [1.165, 1.54) is 0 Å². The van der Waals surface area contributed by atoms with Gasteiger partial charge in [-0.2, -0.15) is 0 Å². The van der Waals surface area contributed by atoms with Crippen LogP contribution in [0.3, 0.4) is 0 Å². The van der Waals surface area contributed by atoms with E-state index in [-0.39, 0.29) is 12.1 Å². The molecule has 9 heteroatoms. The summed E-state index contributed by atoms with van der Waals surface area (Å²) in [6.45, 7) is 4.91. The highest BCUT2D eigenvalue weighted by atomic mass is 35.5. The van der Waals surface area contributed by atoms with Crippen molar-refractivity contribution in [2.45, 2.75) is 64.1 Å². The van der Waals surface area contributed by atoms with Crippen LogP contribution in [-0.2, 0) is 22.5 Å². The molecule has 214 valence electrons. The van der Waals surface area contributed by atoms with E-state index < -0.39 is 5.54 Å². The number of rotatable bonds is 11. The lowest BCUT2D eigenvalue weighted by atomic mass is 10.0. The van der Waals surface area contributed by atoms with Crippen LogP contribution in [0.4, 0.5) is 11.6 Å². The first-order valence-corrected chi connectivity index (χ1v) is 14.5. The Bertz CT molecular complexity index is 1300. The molecular formula is C31H39Cl2N5O2. The summed E-state index contributed by atoms with van der Waals surface area (Å²) in [6, 6.07) is 13.8. The number of aromatic nitrogens is 2. The zero-order valence-electron chi connectivity index (χ0n) is 24.0. The number of ether oxygens (including phenoxy) is 1. The van der Waals surface area contributed by atoms with Gasteiger partial charge in [0.2, 0.25) is 0 Å². The molecule has 1 N–H and O–H groups in total. The van der Waals surface area contributed by atoms with Gasteiger partial charge in [0.05, 0.1) is 11.9 Å². The highest BCUT2D eigenvalue weighted by Gasteiger charge is 2.31. The number of benzene rings is 2. The number of nitrogens with zero attached hydrogens (tertiary/aromatic N) is 4. The first-order valence-electron chi connectivity index (χ1n) is 13.8. The summed E-state index contributed by atoms with van der Waals surface area (Å²) in [7, 11) is 5.85. The minimum Gasteiger partial charge on any atom is -0.461 e. The summed E-state index contributed by atoms with van der Waals surface area (Å²) in [5.41, 5.74) is 2.99. The molecule has 0 radical (unpaired) electrons. The van der Waals surface area contributed by atoms with Crippen molar-refractivity contribution in [3.05, 3.63) is 69.8 Å². The average Bonchev–Trinajstić information content (AvgIpc) is 3.43. The Morgan fingerprint density at radius 2 is 1.73 bits per heavy atom. The fourth-order valence-corrected chi connectivity index (χ4v) is 5.38. The van der Waals surface area contributed by atoms with Gasteiger partial charge in [0, 0.05) is 55.4 Å². The molecule has 1 saturated carbocycles. The number of carbonyl (C=O) groups excluding carboxylic acids is 1. The van der Waals surface area contributed by atoms with E-state index in [1.807, 2.05) is 75.1 Å². The molecular weight excluding hydrogens is 545 g/mol. The lowest BCUT2D eigenvalue weighted by molar-refractivity contribution is -0.155. The molecule has 0 aliphatic heterocycles. The first-order chi connectivity index (χ1) is 19.0. The topological polar surface area (TPSA) is 70.6 Å². The molecule has 1 aromatic heterocycles. The van der Waals surface area contributed by atoms with Gasteiger partial charge in [0.25, 0.3) is 0 Å². The van der Waals surface area contributed by atoms with E-state index in [1.54, 1.807) is 6.20 Å². The molecule has 0 atom stereocenters. The Morgan fingerprint density at radius 1 is 1.05 bits per heavy atom. The van der Waals surface area contributed by atoms with Crippen LogP contribution in [0.1, 0.15) is 50.7 Å². The van der Waals surface area contributed by atoms with Gasteiger partial charge in [-0.25, -0.2) is 9.97 Å². The van der Waals surface area contributed by atoms with Crippen molar-refractivity contribution in [3.8, 4) is 11.3 Å². The molecule has 0 amide bonds. The highest BCUT2D eigenvalue weighted by molar-refractivity contribution is 6.36. The third kappa shape index (κ3) is 7.45. The zero-order valence-corrected chi connectivity index (χ0v) is 25.5. The number of esters is 1. The fourth-order valence-electron chi connectivity index (χ4n) is 4.86. The normalized spacial score (nSPS) is 13.9. The van der Waals surface area contributed by atoms with Gasteiger partial charge in [-0.1, -0.05) is 47.5 Å². The third-order valence-corrected chi connectivity index (χ3v) is 7.98. The van der Waals surface area contributed by atoms with Crippen molar-refractivity contribution >= 4 is 40.8 Å². The maximum atomic E-state index is 12.7. The first kappa shape index (κ1) is 30.1. The number of halogens is 2. The Morgan fingerprint density at radius 3 is 2.40 bits per heavy atom. The molecule has 0 saturated heterocycles. The van der Waals surface area contributed by atoms with E-state index in [2.05, 4.69) is 17.4 Å². The van der Waals surface area contributed by atoms with Crippen LogP contribution in [0.25, 0.3) is 11.3 Å². The second-order valence-corrected chi connectivity index (χ2v) is 12.0. The predicted molar refractivity (Wildman–Crippen MR) is 164 cm³/mol. The van der Waals surface area contributed by atoms with Crippen LogP contribution in [0, 0.1) is 0 Å². The quantitative estimate of drug-likeness (QED) is 0.257. The minimum absolute atomic E-state index is 0.0656. The zero-order chi connectivity index (χ0) is 28.9. The summed E-state index contributed by atoms with van der Waals surface area (Å²) in [5.74, 6) is 1.30. The molecule has 0 bridgehead atoms. The number of anilines is 2. The smallest absolute Gasteiger partial charge is 0.326 e.